The molecule has 0 saturated carbocycles. The predicted molar refractivity (Wildman–Crippen MR) is 149 cm³/mol. The van der Waals surface area contributed by atoms with Crippen molar-refractivity contribution in [1.82, 2.24) is 5.32 Å². The van der Waals surface area contributed by atoms with Gasteiger partial charge in [0.15, 0.2) is 5.78 Å². The van der Waals surface area contributed by atoms with E-state index in [1.54, 1.807) is 12.1 Å². The van der Waals surface area contributed by atoms with Gasteiger partial charge in [-0.25, -0.2) is 4.79 Å². The normalized spacial score (nSPS) is 15.4. The highest BCUT2D eigenvalue weighted by molar-refractivity contribution is 6.10. The molecule has 4 rings (SSSR count). The zero-order valence-electron chi connectivity index (χ0n) is 22.0. The number of amides is 3. The third kappa shape index (κ3) is 5.97. The van der Waals surface area contributed by atoms with Crippen molar-refractivity contribution in [2.75, 3.05) is 16.8 Å². The Kier molecular flexibility index (Phi) is 7.30. The van der Waals surface area contributed by atoms with Crippen molar-refractivity contribution >= 4 is 34.7 Å². The smallest absolute Gasteiger partial charge is 0.320 e. The third-order valence-corrected chi connectivity index (χ3v) is 6.41. The van der Waals surface area contributed by atoms with E-state index in [9.17, 15) is 14.4 Å². The number of anilines is 2. The fourth-order valence-corrected chi connectivity index (χ4v) is 4.21. The van der Waals surface area contributed by atoms with Gasteiger partial charge in [-0.05, 0) is 54.8 Å². The Morgan fingerprint density at radius 2 is 1.59 bits per heavy atom. The van der Waals surface area contributed by atoms with E-state index in [1.165, 1.54) is 4.90 Å². The molecule has 6 nitrogen and oxygen atoms in total. The van der Waals surface area contributed by atoms with Crippen LogP contribution in [0.2, 0.25) is 0 Å². The van der Waals surface area contributed by atoms with E-state index in [0.717, 1.165) is 27.8 Å². The number of ketones is 1. The molecule has 0 unspecified atom stereocenters. The van der Waals surface area contributed by atoms with Crippen molar-refractivity contribution in [2.45, 2.75) is 40.7 Å². The molecule has 0 spiro atoms. The van der Waals surface area contributed by atoms with Crippen LogP contribution in [0.4, 0.5) is 16.2 Å². The Balaban J connectivity index is 1.77. The number of benzene rings is 3. The Bertz CT molecular complexity index is 1370. The minimum absolute atomic E-state index is 0.0719. The van der Waals surface area contributed by atoms with Crippen molar-refractivity contribution in [3.63, 3.8) is 0 Å². The van der Waals surface area contributed by atoms with Gasteiger partial charge < -0.3 is 15.5 Å². The van der Waals surface area contributed by atoms with Gasteiger partial charge in [-0.2, -0.15) is 0 Å². The van der Waals surface area contributed by atoms with E-state index in [4.69, 9.17) is 0 Å². The van der Waals surface area contributed by atoms with Crippen molar-refractivity contribution in [3.8, 4) is 0 Å². The van der Waals surface area contributed by atoms with E-state index in [0.29, 0.717) is 11.4 Å². The molecule has 6 heteroatoms. The highest BCUT2D eigenvalue weighted by Crippen LogP contribution is 2.36. The van der Waals surface area contributed by atoms with Crippen LogP contribution in [0.15, 0.2) is 78.9 Å². The van der Waals surface area contributed by atoms with Crippen LogP contribution in [-0.4, -0.2) is 30.3 Å². The summed E-state index contributed by atoms with van der Waals surface area (Å²) in [6, 6.07) is 21.5. The van der Waals surface area contributed by atoms with Crippen LogP contribution in [0.25, 0.3) is 5.57 Å². The van der Waals surface area contributed by atoms with Crippen LogP contribution in [-0.2, 0) is 9.59 Å². The van der Waals surface area contributed by atoms with Gasteiger partial charge in [-0.3, -0.25) is 9.59 Å². The lowest BCUT2D eigenvalue weighted by molar-refractivity contribution is -0.127. The summed E-state index contributed by atoms with van der Waals surface area (Å²) in [4.78, 5) is 41.5. The summed E-state index contributed by atoms with van der Waals surface area (Å²) in [7, 11) is 0. The van der Waals surface area contributed by atoms with Crippen molar-refractivity contribution in [3.05, 3.63) is 101 Å². The summed E-state index contributed by atoms with van der Waals surface area (Å²) in [5.74, 6) is -0.441. The molecule has 0 fully saturated rings. The van der Waals surface area contributed by atoms with Crippen molar-refractivity contribution in [2.24, 2.45) is 5.41 Å². The zero-order valence-corrected chi connectivity index (χ0v) is 22.0. The number of nitrogens with one attached hydrogen (secondary N) is 2. The van der Waals surface area contributed by atoms with Gasteiger partial charge in [0.25, 0.3) is 5.91 Å². The molecule has 0 aromatic heterocycles. The summed E-state index contributed by atoms with van der Waals surface area (Å²) in [5.41, 5.74) is 5.32. The minimum atomic E-state index is -0.985. The molecule has 0 saturated heterocycles. The lowest BCUT2D eigenvalue weighted by Crippen LogP contribution is -2.50. The van der Waals surface area contributed by atoms with Crippen LogP contribution >= 0.6 is 0 Å². The summed E-state index contributed by atoms with van der Waals surface area (Å²) in [6.07, 6.45) is 1.78. The molecule has 1 heterocycles. The SMILES string of the molecule is Cc1ccc(C2=C[C@@H](NC(=O)Nc3cccc(C)c3)C(=O)N(CC(=O)C(C)(C)C)c3ccccc32)cc1. The largest absolute Gasteiger partial charge is 0.323 e. The molecule has 190 valence electrons. The molecule has 0 radical (unpaired) electrons. The van der Waals surface area contributed by atoms with Crippen LogP contribution in [0.1, 0.15) is 43.0 Å². The molecule has 1 aliphatic rings. The van der Waals surface area contributed by atoms with E-state index in [2.05, 4.69) is 10.6 Å². The number of hydrogen-bond acceptors (Lipinski definition) is 3. The summed E-state index contributed by atoms with van der Waals surface area (Å²) in [6.45, 7) is 9.38. The van der Waals surface area contributed by atoms with Gasteiger partial charge >= 0.3 is 6.03 Å². The van der Waals surface area contributed by atoms with E-state index in [1.807, 2.05) is 101 Å². The quantitative estimate of drug-likeness (QED) is 0.463. The monoisotopic (exact) mass is 495 g/mol. The average Bonchev–Trinajstić information content (AvgIpc) is 2.95. The summed E-state index contributed by atoms with van der Waals surface area (Å²) in [5, 5.41) is 5.65. The second-order valence-electron chi connectivity index (χ2n) is 10.5. The van der Waals surface area contributed by atoms with E-state index >= 15 is 0 Å². The Hall–Kier alpha value is -4.19. The molecule has 1 aliphatic heterocycles. The first kappa shape index (κ1) is 25.9. The van der Waals surface area contributed by atoms with Gasteiger partial charge in [0, 0.05) is 16.7 Å². The first-order valence-corrected chi connectivity index (χ1v) is 12.4. The second kappa shape index (κ2) is 10.4. The molecule has 3 amide bonds. The number of urea groups is 1. The van der Waals surface area contributed by atoms with Crippen LogP contribution in [0.3, 0.4) is 0 Å². The number of fused-ring (bicyclic) bond motifs is 1. The maximum Gasteiger partial charge on any atom is 0.320 e. The number of carbonyl (C=O) groups is 3. The number of nitrogens with zero attached hydrogens (tertiary/aromatic N) is 1. The fourth-order valence-electron chi connectivity index (χ4n) is 4.21. The maximum absolute atomic E-state index is 13.9. The van der Waals surface area contributed by atoms with Crippen LogP contribution < -0.4 is 15.5 Å². The van der Waals surface area contributed by atoms with Crippen molar-refractivity contribution in [1.29, 1.82) is 0 Å². The molecule has 0 bridgehead atoms. The Morgan fingerprint density at radius 1 is 0.892 bits per heavy atom. The van der Waals surface area contributed by atoms with Crippen LogP contribution in [0, 0.1) is 19.3 Å². The second-order valence-corrected chi connectivity index (χ2v) is 10.5. The average molecular weight is 496 g/mol. The molecule has 3 aromatic rings. The first-order chi connectivity index (χ1) is 17.5. The zero-order chi connectivity index (χ0) is 26.7. The molecule has 2 N–H and O–H groups in total. The number of Topliss-reactive ketones (excluding diaryl/α,β-unsaturated/α-hetero) is 1. The standard InChI is InChI=1S/C31H33N3O3/c1-20-13-15-22(16-14-20)25-18-26(33-30(37)32-23-10-8-9-21(2)17-23)29(36)34(19-28(35)31(3,4)5)27-12-7-6-11-24(25)27/h6-18,26H,19H2,1-5H3,(H2,32,33,37)/t26-/m1/s1. The summed E-state index contributed by atoms with van der Waals surface area (Å²) >= 11 is 0. The topological polar surface area (TPSA) is 78.5 Å². The molecule has 3 aromatic carbocycles. The lowest BCUT2D eigenvalue weighted by atomic mass is 9.90. The number of carbonyl (C=O) groups excluding carboxylic acids is 3. The predicted octanol–water partition coefficient (Wildman–Crippen LogP) is 5.89. The first-order valence-electron chi connectivity index (χ1n) is 12.4. The number of aryl methyl sites for hydroxylation is 2. The molecular weight excluding hydrogens is 462 g/mol. The van der Waals surface area contributed by atoms with Gasteiger partial charge in [0.2, 0.25) is 0 Å². The van der Waals surface area contributed by atoms with Gasteiger partial charge in [-0.1, -0.05) is 80.9 Å². The molecule has 37 heavy (non-hydrogen) atoms. The number of para-hydroxylation sites is 1. The summed E-state index contributed by atoms with van der Waals surface area (Å²) < 4.78 is 0. The van der Waals surface area contributed by atoms with Gasteiger partial charge in [0.1, 0.15) is 6.04 Å². The number of hydrogen-bond donors (Lipinski definition) is 2. The molecular formula is C31H33N3O3. The fraction of sp³-hybridized carbons (Fsp3) is 0.258. The molecule has 0 aliphatic carbocycles. The molecule has 1 atom stereocenters. The lowest BCUT2D eigenvalue weighted by Gasteiger charge is -2.28. The van der Waals surface area contributed by atoms with Gasteiger partial charge in [0.05, 0.1) is 12.2 Å². The minimum Gasteiger partial charge on any atom is -0.323 e. The van der Waals surface area contributed by atoms with Crippen LogP contribution in [0.5, 0.6) is 0 Å². The highest BCUT2D eigenvalue weighted by atomic mass is 16.2. The maximum atomic E-state index is 13.9. The Labute approximate surface area is 218 Å². The van der Waals surface area contributed by atoms with Crippen molar-refractivity contribution < 1.29 is 14.4 Å². The van der Waals surface area contributed by atoms with E-state index in [-0.39, 0.29) is 18.2 Å². The van der Waals surface area contributed by atoms with Gasteiger partial charge in [-0.15, -0.1) is 0 Å². The third-order valence-electron chi connectivity index (χ3n) is 6.41. The highest BCUT2D eigenvalue weighted by Gasteiger charge is 2.35. The number of rotatable bonds is 5. The van der Waals surface area contributed by atoms with E-state index < -0.39 is 17.5 Å². The Morgan fingerprint density at radius 3 is 2.27 bits per heavy atom.